The van der Waals surface area contributed by atoms with E-state index in [9.17, 15) is 4.79 Å². The Morgan fingerprint density at radius 2 is 2.00 bits per heavy atom. The highest BCUT2D eigenvalue weighted by atomic mass is 16.5. The molecule has 148 valence electrons. The maximum Gasteiger partial charge on any atom is 0.264 e. The molecule has 2 heterocycles. The van der Waals surface area contributed by atoms with E-state index in [4.69, 9.17) is 9.26 Å². The summed E-state index contributed by atoms with van der Waals surface area (Å²) in [7, 11) is 0. The predicted octanol–water partition coefficient (Wildman–Crippen LogP) is 3.80. The Labute approximate surface area is 169 Å². The molecule has 3 aromatic rings. The molecule has 0 spiro atoms. The molecule has 0 radical (unpaired) electrons. The zero-order chi connectivity index (χ0) is 20.4. The Bertz CT molecular complexity index is 1130. The van der Waals surface area contributed by atoms with Crippen molar-refractivity contribution in [1.82, 2.24) is 14.7 Å². The van der Waals surface area contributed by atoms with Crippen molar-refractivity contribution in [3.63, 3.8) is 0 Å². The molecule has 0 aliphatic heterocycles. The van der Waals surface area contributed by atoms with Crippen molar-refractivity contribution in [3.05, 3.63) is 75.3 Å². The van der Waals surface area contributed by atoms with Crippen LogP contribution in [0.3, 0.4) is 0 Å². The Morgan fingerprint density at radius 1 is 1.24 bits per heavy atom. The number of benzene rings is 1. The monoisotopic (exact) mass is 389 g/mol. The summed E-state index contributed by atoms with van der Waals surface area (Å²) >= 11 is 0. The van der Waals surface area contributed by atoms with E-state index in [0.717, 1.165) is 16.8 Å². The fourth-order valence-corrected chi connectivity index (χ4v) is 3.21. The lowest BCUT2D eigenvalue weighted by atomic mass is 10.1. The third-order valence-electron chi connectivity index (χ3n) is 4.94. The largest absolute Gasteiger partial charge is 0.483 e. The van der Waals surface area contributed by atoms with E-state index < -0.39 is 0 Å². The number of nitrogens with zero attached hydrogens (tertiary/aromatic N) is 3. The van der Waals surface area contributed by atoms with E-state index in [1.807, 2.05) is 44.2 Å². The lowest BCUT2D eigenvalue weighted by Gasteiger charge is -2.19. The molecular weight excluding hydrogens is 366 g/mol. The van der Waals surface area contributed by atoms with Crippen LogP contribution in [0.1, 0.15) is 54.3 Å². The average molecular weight is 389 g/mol. The van der Waals surface area contributed by atoms with Crippen molar-refractivity contribution in [2.75, 3.05) is 0 Å². The molecule has 0 N–H and O–H groups in total. The van der Waals surface area contributed by atoms with Gasteiger partial charge in [-0.1, -0.05) is 29.1 Å². The third kappa shape index (κ3) is 4.57. The highest BCUT2D eigenvalue weighted by molar-refractivity contribution is 5.38. The Morgan fingerprint density at radius 3 is 2.62 bits per heavy atom. The van der Waals surface area contributed by atoms with Gasteiger partial charge in [0.15, 0.2) is 12.4 Å². The molecule has 0 unspecified atom stereocenters. The second kappa shape index (κ2) is 7.96. The number of hydrogen-bond acceptors (Lipinski definition) is 5. The summed E-state index contributed by atoms with van der Waals surface area (Å²) < 4.78 is 12.4. The van der Waals surface area contributed by atoms with Gasteiger partial charge >= 0.3 is 0 Å². The maximum absolute atomic E-state index is 12.8. The number of aromatic nitrogens is 3. The first-order valence-electron chi connectivity index (χ1n) is 9.76. The molecule has 2 aromatic heterocycles. The lowest BCUT2D eigenvalue weighted by Crippen LogP contribution is -2.25. The van der Waals surface area contributed by atoms with Gasteiger partial charge in [-0.05, 0) is 57.4 Å². The van der Waals surface area contributed by atoms with Gasteiger partial charge in [0.05, 0.1) is 6.04 Å². The van der Waals surface area contributed by atoms with E-state index >= 15 is 0 Å². The van der Waals surface area contributed by atoms with Gasteiger partial charge in [-0.15, -0.1) is 0 Å². The van der Waals surface area contributed by atoms with Gasteiger partial charge in [0.25, 0.3) is 11.4 Å². The molecule has 29 heavy (non-hydrogen) atoms. The fraction of sp³-hybridized carbons (Fsp3) is 0.348. The van der Waals surface area contributed by atoms with Crippen molar-refractivity contribution in [2.45, 2.75) is 46.3 Å². The van der Waals surface area contributed by atoms with Crippen LogP contribution in [0.25, 0.3) is 0 Å². The summed E-state index contributed by atoms with van der Waals surface area (Å²) in [5, 5.41) is 3.72. The van der Waals surface area contributed by atoms with Crippen LogP contribution in [0, 0.1) is 31.6 Å². The molecule has 0 saturated heterocycles. The zero-order valence-corrected chi connectivity index (χ0v) is 16.8. The molecular formula is C23H23N3O3. The molecule has 4 rings (SSSR count). The van der Waals surface area contributed by atoms with Gasteiger partial charge in [0, 0.05) is 23.2 Å². The normalized spacial score (nSPS) is 14.2. The Kier molecular flexibility index (Phi) is 5.22. The molecule has 1 fully saturated rings. The number of hydrogen-bond donors (Lipinski definition) is 0. The van der Waals surface area contributed by atoms with Crippen molar-refractivity contribution >= 4 is 0 Å². The average Bonchev–Trinajstić information content (AvgIpc) is 3.44. The third-order valence-corrected chi connectivity index (χ3v) is 4.94. The van der Waals surface area contributed by atoms with Crippen LogP contribution >= 0.6 is 0 Å². The standard InChI is InChI=1S/C23H23N3O3/c1-15-12-21(28-14-22-24-17(3)25-29-22)13-23(27)26(15)16(2)20-10-8-19(9-11-20)7-6-18-4-5-18/h8-13,16,18H,4-5,14H2,1-3H3/t16-/m1/s1. The summed E-state index contributed by atoms with van der Waals surface area (Å²) in [4.78, 5) is 16.8. The van der Waals surface area contributed by atoms with Crippen LogP contribution in [-0.4, -0.2) is 14.7 Å². The van der Waals surface area contributed by atoms with Crippen LogP contribution in [0.2, 0.25) is 0 Å². The van der Waals surface area contributed by atoms with E-state index in [2.05, 4.69) is 22.0 Å². The molecule has 0 bridgehead atoms. The van der Waals surface area contributed by atoms with Gasteiger partial charge in [-0.2, -0.15) is 4.98 Å². The topological polar surface area (TPSA) is 70.2 Å². The SMILES string of the molecule is Cc1noc(COc2cc(C)n([C@H](C)c3ccc(C#CC4CC4)cc3)c(=O)c2)n1. The van der Waals surface area contributed by atoms with Crippen molar-refractivity contribution < 1.29 is 9.26 Å². The first kappa shape index (κ1) is 19.0. The van der Waals surface area contributed by atoms with Gasteiger partial charge in [-0.25, -0.2) is 0 Å². The van der Waals surface area contributed by atoms with Gasteiger partial charge in [0.2, 0.25) is 0 Å². The zero-order valence-electron chi connectivity index (χ0n) is 16.8. The van der Waals surface area contributed by atoms with E-state index in [0.29, 0.717) is 23.4 Å². The van der Waals surface area contributed by atoms with Crippen LogP contribution < -0.4 is 10.3 Å². The number of pyridine rings is 1. The quantitative estimate of drug-likeness (QED) is 0.621. The highest BCUT2D eigenvalue weighted by Crippen LogP contribution is 2.27. The van der Waals surface area contributed by atoms with Crippen LogP contribution in [0.5, 0.6) is 5.75 Å². The van der Waals surface area contributed by atoms with Gasteiger partial charge in [-0.3, -0.25) is 4.79 Å². The molecule has 1 aliphatic carbocycles. The van der Waals surface area contributed by atoms with Crippen LogP contribution in [-0.2, 0) is 6.61 Å². The van der Waals surface area contributed by atoms with Crippen molar-refractivity contribution in [1.29, 1.82) is 0 Å². The second-order valence-electron chi connectivity index (χ2n) is 7.41. The highest BCUT2D eigenvalue weighted by Gasteiger charge is 2.18. The van der Waals surface area contributed by atoms with Crippen molar-refractivity contribution in [2.24, 2.45) is 5.92 Å². The lowest BCUT2D eigenvalue weighted by molar-refractivity contribution is 0.241. The minimum atomic E-state index is -0.119. The molecule has 6 heteroatoms. The molecule has 1 aromatic carbocycles. The number of aryl methyl sites for hydroxylation is 2. The minimum absolute atomic E-state index is 0.0967. The predicted molar refractivity (Wildman–Crippen MR) is 109 cm³/mol. The smallest absolute Gasteiger partial charge is 0.264 e. The van der Waals surface area contributed by atoms with E-state index in [-0.39, 0.29) is 18.2 Å². The molecule has 1 aliphatic rings. The van der Waals surface area contributed by atoms with Gasteiger partial charge in [0.1, 0.15) is 5.75 Å². The molecule has 1 atom stereocenters. The van der Waals surface area contributed by atoms with E-state index in [1.54, 1.807) is 11.5 Å². The molecule has 6 nitrogen and oxygen atoms in total. The van der Waals surface area contributed by atoms with Gasteiger partial charge < -0.3 is 13.8 Å². The Hall–Kier alpha value is -3.33. The summed E-state index contributed by atoms with van der Waals surface area (Å²) in [5.74, 6) is 8.48. The first-order chi connectivity index (χ1) is 14.0. The number of rotatable bonds is 5. The fourth-order valence-electron chi connectivity index (χ4n) is 3.21. The van der Waals surface area contributed by atoms with Crippen LogP contribution in [0.4, 0.5) is 0 Å². The first-order valence-corrected chi connectivity index (χ1v) is 9.76. The summed E-state index contributed by atoms with van der Waals surface area (Å²) in [6.45, 7) is 5.78. The molecule has 1 saturated carbocycles. The van der Waals surface area contributed by atoms with E-state index in [1.165, 1.54) is 18.9 Å². The second-order valence-corrected chi connectivity index (χ2v) is 7.41. The molecule has 0 amide bonds. The van der Waals surface area contributed by atoms with Crippen LogP contribution in [0.15, 0.2) is 45.7 Å². The van der Waals surface area contributed by atoms with Crippen molar-refractivity contribution in [3.8, 4) is 17.6 Å². The summed E-state index contributed by atoms with van der Waals surface area (Å²) in [6, 6.07) is 11.3. The summed E-state index contributed by atoms with van der Waals surface area (Å²) in [5.41, 5.74) is 2.77. The minimum Gasteiger partial charge on any atom is -0.483 e. The Balaban J connectivity index is 1.50. The number of ether oxygens (including phenoxy) is 1. The maximum atomic E-state index is 12.8. The summed E-state index contributed by atoms with van der Waals surface area (Å²) in [6.07, 6.45) is 2.44.